The molecule has 0 aromatic carbocycles. The highest BCUT2D eigenvalue weighted by atomic mass is 16.6. The van der Waals surface area contributed by atoms with Crippen molar-refractivity contribution in [2.24, 2.45) is 14.1 Å². The van der Waals surface area contributed by atoms with Gasteiger partial charge >= 0.3 is 11.9 Å². The zero-order valence-electron chi connectivity index (χ0n) is 17.5. The maximum absolute atomic E-state index is 11.6. The number of ether oxygens (including phenoxy) is 2. The summed E-state index contributed by atoms with van der Waals surface area (Å²) < 4.78 is 12.7. The van der Waals surface area contributed by atoms with Gasteiger partial charge in [0.15, 0.2) is 0 Å². The van der Waals surface area contributed by atoms with Gasteiger partial charge in [0.25, 0.3) is 5.69 Å². The van der Waals surface area contributed by atoms with E-state index in [0.29, 0.717) is 23.6 Å². The Morgan fingerprint density at radius 1 is 1.03 bits per heavy atom. The molecule has 2 aromatic heterocycles. The molecule has 0 saturated carbocycles. The highest BCUT2D eigenvalue weighted by Gasteiger charge is 2.25. The van der Waals surface area contributed by atoms with Crippen LogP contribution in [-0.2, 0) is 23.6 Å². The van der Waals surface area contributed by atoms with Crippen molar-refractivity contribution < 1.29 is 24.0 Å². The second-order valence-corrected chi connectivity index (χ2v) is 5.95. The molecule has 0 aliphatic rings. The number of anilines is 1. The highest BCUT2D eigenvalue weighted by molar-refractivity contribution is 5.95. The van der Waals surface area contributed by atoms with E-state index < -0.39 is 10.9 Å². The summed E-state index contributed by atoms with van der Waals surface area (Å²) in [5, 5.41) is 10.7. The van der Waals surface area contributed by atoms with Crippen molar-refractivity contribution in [2.75, 3.05) is 18.9 Å². The first-order chi connectivity index (χ1) is 14.1. The maximum Gasteiger partial charge on any atom is 0.355 e. The molecule has 162 valence electrons. The number of carbonyl (C=O) groups excluding carboxylic acids is 2. The fourth-order valence-corrected chi connectivity index (χ4v) is 2.77. The van der Waals surface area contributed by atoms with Crippen LogP contribution in [0.1, 0.15) is 46.0 Å². The lowest BCUT2D eigenvalue weighted by molar-refractivity contribution is -0.385. The van der Waals surface area contributed by atoms with Crippen LogP contribution in [0, 0.1) is 10.1 Å². The summed E-state index contributed by atoms with van der Waals surface area (Å²) in [4.78, 5) is 33.2. The van der Waals surface area contributed by atoms with Crippen LogP contribution >= 0.6 is 0 Å². The van der Waals surface area contributed by atoms with E-state index in [0.717, 1.165) is 0 Å². The molecule has 0 saturated heterocycles. The largest absolute Gasteiger partial charge is 0.461 e. The molecule has 10 nitrogen and oxygen atoms in total. The van der Waals surface area contributed by atoms with Crippen LogP contribution in [-0.4, -0.2) is 39.2 Å². The standard InChI is InChI=1S/C10H12N2O4.C10H14N2O2/c1-4-7-8(12(14)15)6-11(3)9(7)10(13)16-5-2;1-4-7-8(11)6-12(3)9(7)10(13)14-5-2/h4,6H,1,5H2,2-3H3;4,6H,1,5,11H2,2-3H3. The number of rotatable bonds is 7. The van der Waals surface area contributed by atoms with Crippen LogP contribution in [0.25, 0.3) is 12.2 Å². The third-order valence-electron chi connectivity index (χ3n) is 3.99. The summed E-state index contributed by atoms with van der Waals surface area (Å²) in [6.45, 7) is 11.1. The third-order valence-corrected chi connectivity index (χ3v) is 3.99. The molecule has 0 aliphatic carbocycles. The average molecular weight is 418 g/mol. The number of hydrogen-bond acceptors (Lipinski definition) is 7. The molecule has 2 aromatic rings. The zero-order valence-corrected chi connectivity index (χ0v) is 17.5. The van der Waals surface area contributed by atoms with E-state index in [2.05, 4.69) is 13.2 Å². The van der Waals surface area contributed by atoms with Crippen LogP contribution in [0.3, 0.4) is 0 Å². The van der Waals surface area contributed by atoms with E-state index in [4.69, 9.17) is 15.2 Å². The number of nitrogens with zero attached hydrogens (tertiary/aromatic N) is 3. The van der Waals surface area contributed by atoms with E-state index in [-0.39, 0.29) is 29.5 Å². The van der Waals surface area contributed by atoms with E-state index in [9.17, 15) is 19.7 Å². The second-order valence-electron chi connectivity index (χ2n) is 5.95. The zero-order chi connectivity index (χ0) is 23.0. The lowest BCUT2D eigenvalue weighted by atomic mass is 10.2. The van der Waals surface area contributed by atoms with Gasteiger partial charge in [-0.05, 0) is 13.8 Å². The van der Waals surface area contributed by atoms with Crippen molar-refractivity contribution in [1.82, 2.24) is 9.13 Å². The molecular formula is C20H26N4O6. The van der Waals surface area contributed by atoms with E-state index in [1.807, 2.05) is 0 Å². The molecule has 0 spiro atoms. The van der Waals surface area contributed by atoms with Gasteiger partial charge in [-0.2, -0.15) is 0 Å². The van der Waals surface area contributed by atoms with E-state index >= 15 is 0 Å². The number of hydrogen-bond donors (Lipinski definition) is 1. The van der Waals surface area contributed by atoms with Gasteiger partial charge in [0.05, 0.1) is 35.6 Å². The molecule has 0 bridgehead atoms. The van der Waals surface area contributed by atoms with Crippen molar-refractivity contribution in [3.05, 3.63) is 58.2 Å². The van der Waals surface area contributed by atoms with Gasteiger partial charge in [0.1, 0.15) is 11.4 Å². The van der Waals surface area contributed by atoms with Gasteiger partial charge in [-0.3, -0.25) is 10.1 Å². The second kappa shape index (κ2) is 10.6. The monoisotopic (exact) mass is 418 g/mol. The van der Waals surface area contributed by atoms with Gasteiger partial charge in [0.2, 0.25) is 0 Å². The van der Waals surface area contributed by atoms with Crippen molar-refractivity contribution in [2.45, 2.75) is 13.8 Å². The molecule has 2 heterocycles. The predicted octanol–water partition coefficient (Wildman–Crippen LogP) is 3.18. The summed E-state index contributed by atoms with van der Waals surface area (Å²) in [7, 11) is 3.29. The lowest BCUT2D eigenvalue weighted by Crippen LogP contribution is -2.10. The molecule has 0 atom stereocenters. The predicted molar refractivity (Wildman–Crippen MR) is 114 cm³/mol. The van der Waals surface area contributed by atoms with Crippen molar-refractivity contribution in [3.63, 3.8) is 0 Å². The fourth-order valence-electron chi connectivity index (χ4n) is 2.77. The Labute approximate surface area is 174 Å². The van der Waals surface area contributed by atoms with Gasteiger partial charge in [-0.1, -0.05) is 25.3 Å². The average Bonchev–Trinajstić information content (AvgIpc) is 3.17. The van der Waals surface area contributed by atoms with Crippen molar-refractivity contribution in [3.8, 4) is 0 Å². The lowest BCUT2D eigenvalue weighted by Gasteiger charge is -2.04. The molecule has 0 fully saturated rings. The Bertz CT molecular complexity index is 971. The molecular weight excluding hydrogens is 392 g/mol. The Balaban J connectivity index is 0.000000303. The first kappa shape index (κ1) is 24.2. The Hall–Kier alpha value is -3.82. The van der Waals surface area contributed by atoms with Gasteiger partial charge < -0.3 is 24.3 Å². The maximum atomic E-state index is 11.6. The SMILES string of the molecule is C=Cc1c(N)cn(C)c1C(=O)OCC.C=Cc1c([N+](=O)[O-])cn(C)c1C(=O)OCC. The number of nitrogen functional groups attached to an aromatic ring is 1. The Kier molecular flexibility index (Phi) is 8.60. The number of aryl methyl sites for hydroxylation is 2. The summed E-state index contributed by atoms with van der Waals surface area (Å²) in [5.41, 5.74) is 7.47. The Morgan fingerprint density at radius 3 is 1.87 bits per heavy atom. The number of nitro groups is 1. The van der Waals surface area contributed by atoms with Gasteiger partial charge in [-0.15, -0.1) is 0 Å². The van der Waals surface area contributed by atoms with Crippen molar-refractivity contribution >= 4 is 35.5 Å². The van der Waals surface area contributed by atoms with Crippen LogP contribution in [0.15, 0.2) is 25.6 Å². The molecule has 0 unspecified atom stereocenters. The summed E-state index contributed by atoms with van der Waals surface area (Å²) in [6, 6.07) is 0. The minimum atomic E-state index is -0.590. The van der Waals surface area contributed by atoms with Crippen LogP contribution in [0.4, 0.5) is 11.4 Å². The smallest absolute Gasteiger partial charge is 0.355 e. The van der Waals surface area contributed by atoms with Crippen molar-refractivity contribution in [1.29, 1.82) is 0 Å². The van der Waals surface area contributed by atoms with Gasteiger partial charge in [-0.25, -0.2) is 9.59 Å². The summed E-state index contributed by atoms with van der Waals surface area (Å²) in [6.07, 6.45) is 5.78. The van der Waals surface area contributed by atoms with Gasteiger partial charge in [0, 0.05) is 25.9 Å². The topological polar surface area (TPSA) is 132 Å². The molecule has 0 aliphatic heterocycles. The third kappa shape index (κ3) is 5.16. The van der Waals surface area contributed by atoms with Crippen LogP contribution in [0.5, 0.6) is 0 Å². The normalized spacial score (nSPS) is 9.87. The summed E-state index contributed by atoms with van der Waals surface area (Å²) >= 11 is 0. The van der Waals surface area contributed by atoms with E-state index in [1.165, 1.54) is 16.8 Å². The first-order valence-electron chi connectivity index (χ1n) is 9.01. The fraction of sp³-hybridized carbons (Fsp3) is 0.300. The first-order valence-corrected chi connectivity index (χ1v) is 9.01. The molecule has 10 heteroatoms. The number of aromatic nitrogens is 2. The molecule has 0 amide bonds. The van der Waals surface area contributed by atoms with Crippen LogP contribution < -0.4 is 5.73 Å². The molecule has 2 N–H and O–H groups in total. The number of carbonyl (C=O) groups is 2. The van der Waals surface area contributed by atoms with E-state index in [1.54, 1.807) is 44.8 Å². The molecule has 0 radical (unpaired) electrons. The summed E-state index contributed by atoms with van der Waals surface area (Å²) in [5.74, 6) is -0.963. The minimum absolute atomic E-state index is 0.142. The number of esters is 2. The molecule has 30 heavy (non-hydrogen) atoms. The Morgan fingerprint density at radius 2 is 1.47 bits per heavy atom. The van der Waals surface area contributed by atoms with Crippen LogP contribution in [0.2, 0.25) is 0 Å². The number of nitrogens with two attached hydrogens (primary N) is 1. The highest BCUT2D eigenvalue weighted by Crippen LogP contribution is 2.26. The minimum Gasteiger partial charge on any atom is -0.461 e. The quantitative estimate of drug-likeness (QED) is 0.415. The molecule has 2 rings (SSSR count).